The third kappa shape index (κ3) is 6.29. The van der Waals surface area contributed by atoms with Crippen LogP contribution in [0.5, 0.6) is 0 Å². The van der Waals surface area contributed by atoms with Crippen LogP contribution in [-0.2, 0) is 12.8 Å². The van der Waals surface area contributed by atoms with Gasteiger partial charge < -0.3 is 0 Å². The van der Waals surface area contributed by atoms with Crippen molar-refractivity contribution in [3.05, 3.63) is 120 Å². The number of rotatable bonds is 10. The lowest BCUT2D eigenvalue weighted by Gasteiger charge is -2.06. The van der Waals surface area contributed by atoms with Gasteiger partial charge in [-0.15, -0.1) is 11.3 Å². The first-order valence-corrected chi connectivity index (χ1v) is 14.5. The van der Waals surface area contributed by atoms with Gasteiger partial charge in [0, 0.05) is 9.75 Å². The summed E-state index contributed by atoms with van der Waals surface area (Å²) in [7, 11) is 0. The summed E-state index contributed by atoms with van der Waals surface area (Å²) < 4.78 is 0. The normalized spacial score (nSPS) is 11.1. The van der Waals surface area contributed by atoms with E-state index in [-0.39, 0.29) is 0 Å². The van der Waals surface area contributed by atoms with Crippen molar-refractivity contribution in [1.29, 1.82) is 0 Å². The highest BCUT2D eigenvalue weighted by Gasteiger charge is 2.07. The Balaban J connectivity index is 1.26. The zero-order valence-corrected chi connectivity index (χ0v) is 22.9. The molecule has 37 heavy (non-hydrogen) atoms. The first-order valence-electron chi connectivity index (χ1n) is 13.7. The van der Waals surface area contributed by atoms with Crippen molar-refractivity contribution in [2.24, 2.45) is 0 Å². The van der Waals surface area contributed by atoms with Gasteiger partial charge in [-0.1, -0.05) is 124 Å². The van der Waals surface area contributed by atoms with Crippen molar-refractivity contribution >= 4 is 11.3 Å². The van der Waals surface area contributed by atoms with Crippen LogP contribution >= 0.6 is 11.3 Å². The highest BCUT2D eigenvalue weighted by atomic mass is 32.1. The summed E-state index contributed by atoms with van der Waals surface area (Å²) in [6, 6.07) is 40.6. The van der Waals surface area contributed by atoms with E-state index in [1.165, 1.54) is 92.8 Å². The SMILES string of the molecule is CCCCc1ccc(-c2ccc(-c3ccc(-c4ccc(-c5ccc(CCCC)cc5)cc4)s3)cc2)cc1. The zero-order chi connectivity index (χ0) is 25.5. The highest BCUT2D eigenvalue weighted by molar-refractivity contribution is 7.18. The summed E-state index contributed by atoms with van der Waals surface area (Å²) in [4.78, 5) is 2.62. The van der Waals surface area contributed by atoms with Gasteiger partial charge in [0.1, 0.15) is 0 Å². The lowest BCUT2D eigenvalue weighted by Crippen LogP contribution is -1.85. The Kier molecular flexibility index (Phi) is 8.33. The standard InChI is InChI=1S/C36H36S/c1-3-5-7-27-9-13-29(14-10-27)31-17-21-33(22-18-31)35-25-26-36(37-35)34-23-19-32(20-24-34)30-15-11-28(12-16-30)8-6-4-2/h9-26H,3-8H2,1-2H3. The molecular formula is C36H36S. The second-order valence-corrected chi connectivity index (χ2v) is 11.0. The van der Waals surface area contributed by atoms with E-state index in [2.05, 4.69) is 123 Å². The van der Waals surface area contributed by atoms with E-state index in [4.69, 9.17) is 0 Å². The topological polar surface area (TPSA) is 0 Å². The van der Waals surface area contributed by atoms with Crippen LogP contribution in [0, 0.1) is 0 Å². The van der Waals surface area contributed by atoms with Crippen molar-refractivity contribution in [2.75, 3.05) is 0 Å². The minimum atomic E-state index is 1.17. The maximum Gasteiger partial charge on any atom is 0.0349 e. The molecule has 0 aliphatic carbocycles. The van der Waals surface area contributed by atoms with E-state index in [1.807, 2.05) is 11.3 Å². The van der Waals surface area contributed by atoms with Crippen molar-refractivity contribution in [1.82, 2.24) is 0 Å². The molecule has 0 amide bonds. The van der Waals surface area contributed by atoms with Crippen LogP contribution in [0.15, 0.2) is 109 Å². The molecule has 186 valence electrons. The molecule has 0 aliphatic heterocycles. The van der Waals surface area contributed by atoms with Crippen LogP contribution in [0.2, 0.25) is 0 Å². The molecule has 0 atom stereocenters. The molecule has 1 heteroatoms. The molecule has 1 aromatic heterocycles. The molecule has 0 nitrogen and oxygen atoms in total. The minimum absolute atomic E-state index is 1.17. The van der Waals surface area contributed by atoms with Crippen LogP contribution in [0.4, 0.5) is 0 Å². The average Bonchev–Trinajstić information content (AvgIpc) is 3.46. The van der Waals surface area contributed by atoms with Gasteiger partial charge in [-0.3, -0.25) is 0 Å². The fraction of sp³-hybridized carbons (Fsp3) is 0.222. The number of aryl methyl sites for hydroxylation is 2. The molecule has 0 aliphatic rings. The van der Waals surface area contributed by atoms with Crippen LogP contribution in [0.25, 0.3) is 43.1 Å². The van der Waals surface area contributed by atoms with E-state index < -0.39 is 0 Å². The predicted molar refractivity (Wildman–Crippen MR) is 163 cm³/mol. The molecule has 4 aromatic carbocycles. The van der Waals surface area contributed by atoms with Crippen LogP contribution in [0.3, 0.4) is 0 Å². The summed E-state index contributed by atoms with van der Waals surface area (Å²) in [5, 5.41) is 0. The van der Waals surface area contributed by atoms with Gasteiger partial charge in [0.15, 0.2) is 0 Å². The van der Waals surface area contributed by atoms with E-state index in [0.717, 1.165) is 0 Å². The maximum absolute atomic E-state index is 2.28. The van der Waals surface area contributed by atoms with Crippen LogP contribution < -0.4 is 0 Å². The van der Waals surface area contributed by atoms with Gasteiger partial charge >= 0.3 is 0 Å². The number of unbranched alkanes of at least 4 members (excludes halogenated alkanes) is 2. The molecule has 1 heterocycles. The van der Waals surface area contributed by atoms with Gasteiger partial charge in [-0.2, -0.15) is 0 Å². The number of thiophene rings is 1. The Morgan fingerprint density at radius 3 is 1.00 bits per heavy atom. The maximum atomic E-state index is 2.28. The summed E-state index contributed by atoms with van der Waals surface area (Å²) in [6.45, 7) is 4.49. The monoisotopic (exact) mass is 500 g/mol. The predicted octanol–water partition coefficient (Wildman–Crippen LogP) is 11.1. The summed E-state index contributed by atoms with van der Waals surface area (Å²) >= 11 is 1.86. The molecule has 5 rings (SSSR count). The molecule has 0 saturated heterocycles. The number of hydrogen-bond acceptors (Lipinski definition) is 1. The average molecular weight is 501 g/mol. The molecule has 0 N–H and O–H groups in total. The molecule has 0 radical (unpaired) electrons. The van der Waals surface area contributed by atoms with E-state index in [0.29, 0.717) is 0 Å². The first kappa shape index (κ1) is 25.2. The third-order valence-corrected chi connectivity index (χ3v) is 8.34. The second kappa shape index (κ2) is 12.2. The van der Waals surface area contributed by atoms with Crippen molar-refractivity contribution < 1.29 is 0 Å². The lowest BCUT2D eigenvalue weighted by atomic mass is 10.0. The minimum Gasteiger partial charge on any atom is -0.135 e. The van der Waals surface area contributed by atoms with Crippen LogP contribution in [-0.4, -0.2) is 0 Å². The van der Waals surface area contributed by atoms with Gasteiger partial charge in [-0.05, 0) is 82.3 Å². The summed E-state index contributed by atoms with van der Waals surface area (Å²) in [6.07, 6.45) is 7.35. The smallest absolute Gasteiger partial charge is 0.0349 e. The van der Waals surface area contributed by atoms with Crippen molar-refractivity contribution in [3.63, 3.8) is 0 Å². The largest absolute Gasteiger partial charge is 0.135 e. The second-order valence-electron chi connectivity index (χ2n) is 9.92. The highest BCUT2D eigenvalue weighted by Crippen LogP contribution is 2.36. The number of benzene rings is 4. The number of hydrogen-bond donors (Lipinski definition) is 0. The zero-order valence-electron chi connectivity index (χ0n) is 22.0. The molecule has 0 spiro atoms. The van der Waals surface area contributed by atoms with Gasteiger partial charge in [0.05, 0.1) is 0 Å². The molecule has 5 aromatic rings. The van der Waals surface area contributed by atoms with Crippen molar-refractivity contribution in [3.8, 4) is 43.1 Å². The Morgan fingerprint density at radius 1 is 0.378 bits per heavy atom. The lowest BCUT2D eigenvalue weighted by molar-refractivity contribution is 0.795. The molecular weight excluding hydrogens is 464 g/mol. The van der Waals surface area contributed by atoms with E-state index >= 15 is 0 Å². The Bertz CT molecular complexity index is 1280. The summed E-state index contributed by atoms with van der Waals surface area (Å²) in [5.41, 5.74) is 10.5. The quantitative estimate of drug-likeness (QED) is 0.179. The summed E-state index contributed by atoms with van der Waals surface area (Å²) in [5.74, 6) is 0. The van der Waals surface area contributed by atoms with Crippen LogP contribution in [0.1, 0.15) is 50.7 Å². The van der Waals surface area contributed by atoms with Gasteiger partial charge in [-0.25, -0.2) is 0 Å². The fourth-order valence-electron chi connectivity index (χ4n) is 4.79. The Hall–Kier alpha value is -3.42. The van der Waals surface area contributed by atoms with Crippen molar-refractivity contribution in [2.45, 2.75) is 52.4 Å². The molecule has 0 unspecified atom stereocenters. The van der Waals surface area contributed by atoms with E-state index in [9.17, 15) is 0 Å². The molecule has 0 bridgehead atoms. The molecule has 0 saturated carbocycles. The van der Waals surface area contributed by atoms with E-state index in [1.54, 1.807) is 0 Å². The Labute approximate surface area is 226 Å². The first-order chi connectivity index (χ1) is 18.2. The third-order valence-electron chi connectivity index (χ3n) is 7.16. The molecule has 0 fully saturated rings. The Morgan fingerprint density at radius 2 is 0.676 bits per heavy atom. The van der Waals surface area contributed by atoms with Gasteiger partial charge in [0.2, 0.25) is 0 Å². The fourth-order valence-corrected chi connectivity index (χ4v) is 5.81. The van der Waals surface area contributed by atoms with Gasteiger partial charge in [0.25, 0.3) is 0 Å².